The van der Waals surface area contributed by atoms with Crippen molar-refractivity contribution in [1.82, 2.24) is 9.78 Å². The highest BCUT2D eigenvalue weighted by molar-refractivity contribution is 6.04. The van der Waals surface area contributed by atoms with Gasteiger partial charge in [-0.25, -0.2) is 4.39 Å². The minimum absolute atomic E-state index is 0.0688. The largest absolute Gasteiger partial charge is 0.481 e. The van der Waals surface area contributed by atoms with Crippen molar-refractivity contribution in [3.8, 4) is 0 Å². The first-order valence-electron chi connectivity index (χ1n) is 7.15. The summed E-state index contributed by atoms with van der Waals surface area (Å²) < 4.78 is 15.5. The summed E-state index contributed by atoms with van der Waals surface area (Å²) in [6.45, 7) is 5.70. The van der Waals surface area contributed by atoms with Crippen LogP contribution in [0.3, 0.4) is 0 Å². The zero-order valence-corrected chi connectivity index (χ0v) is 13.1. The third-order valence-corrected chi connectivity index (χ3v) is 3.43. The predicted molar refractivity (Wildman–Crippen MR) is 83.0 cm³/mol. The van der Waals surface area contributed by atoms with Crippen LogP contribution in [0.2, 0.25) is 0 Å². The molecule has 23 heavy (non-hydrogen) atoms. The molecule has 0 aliphatic carbocycles. The highest BCUT2D eigenvalue weighted by atomic mass is 19.1. The van der Waals surface area contributed by atoms with Crippen LogP contribution in [-0.4, -0.2) is 26.8 Å². The van der Waals surface area contributed by atoms with E-state index in [1.54, 1.807) is 11.6 Å². The number of aliphatic carboxylic acids is 1. The van der Waals surface area contributed by atoms with Gasteiger partial charge in [0.15, 0.2) is 0 Å². The van der Waals surface area contributed by atoms with Gasteiger partial charge in [-0.1, -0.05) is 6.07 Å². The molecule has 0 radical (unpaired) electrons. The maximum absolute atomic E-state index is 13.8. The van der Waals surface area contributed by atoms with Gasteiger partial charge < -0.3 is 10.4 Å². The summed E-state index contributed by atoms with van der Waals surface area (Å²) >= 11 is 0. The van der Waals surface area contributed by atoms with E-state index in [0.29, 0.717) is 5.56 Å². The second-order valence-electron chi connectivity index (χ2n) is 5.51. The molecule has 1 amide bonds. The molecule has 0 aliphatic heterocycles. The maximum atomic E-state index is 13.8. The van der Waals surface area contributed by atoms with Crippen LogP contribution in [0.15, 0.2) is 24.4 Å². The molecule has 1 heterocycles. The standard InChI is InChI=1S/C16H18FN3O3/c1-9(2)20-10(3)13(8-18-20)16(23)19-12-5-4-11(6-15(21)22)14(17)7-12/h4-5,7-9H,6H2,1-3H3,(H,19,23)(H,21,22). The molecule has 0 bridgehead atoms. The summed E-state index contributed by atoms with van der Waals surface area (Å²) in [6, 6.07) is 4.06. The number of rotatable bonds is 5. The Labute approximate surface area is 132 Å². The lowest BCUT2D eigenvalue weighted by Gasteiger charge is -2.09. The molecule has 2 aromatic rings. The Bertz CT molecular complexity index is 753. The van der Waals surface area contributed by atoms with Gasteiger partial charge in [-0.3, -0.25) is 14.3 Å². The summed E-state index contributed by atoms with van der Waals surface area (Å²) in [6.07, 6.45) is 1.07. The fourth-order valence-electron chi connectivity index (χ4n) is 2.30. The molecule has 0 atom stereocenters. The van der Waals surface area contributed by atoms with E-state index in [9.17, 15) is 14.0 Å². The summed E-state index contributed by atoms with van der Waals surface area (Å²) in [5, 5.41) is 15.4. The van der Waals surface area contributed by atoms with Crippen molar-refractivity contribution in [2.45, 2.75) is 33.2 Å². The first-order chi connectivity index (χ1) is 10.8. The molecule has 0 spiro atoms. The van der Waals surface area contributed by atoms with Crippen LogP contribution in [0.4, 0.5) is 10.1 Å². The van der Waals surface area contributed by atoms with Gasteiger partial charge in [-0.15, -0.1) is 0 Å². The van der Waals surface area contributed by atoms with E-state index in [2.05, 4.69) is 10.4 Å². The number of halogens is 1. The predicted octanol–water partition coefficient (Wildman–Crippen LogP) is 2.79. The van der Waals surface area contributed by atoms with Gasteiger partial charge in [0.1, 0.15) is 5.82 Å². The minimum Gasteiger partial charge on any atom is -0.481 e. The van der Waals surface area contributed by atoms with E-state index >= 15 is 0 Å². The SMILES string of the molecule is Cc1c(C(=O)Nc2ccc(CC(=O)O)c(F)c2)cnn1C(C)C. The number of carbonyl (C=O) groups is 2. The van der Waals surface area contributed by atoms with Gasteiger partial charge in [0.2, 0.25) is 0 Å². The molecule has 2 N–H and O–H groups in total. The van der Waals surface area contributed by atoms with Crippen molar-refractivity contribution >= 4 is 17.6 Å². The van der Waals surface area contributed by atoms with Gasteiger partial charge >= 0.3 is 5.97 Å². The number of carbonyl (C=O) groups excluding carboxylic acids is 1. The number of anilines is 1. The van der Waals surface area contributed by atoms with E-state index < -0.39 is 18.2 Å². The fourth-order valence-corrected chi connectivity index (χ4v) is 2.30. The van der Waals surface area contributed by atoms with Crippen LogP contribution in [0.1, 0.15) is 41.5 Å². The number of benzene rings is 1. The Morgan fingerprint density at radius 2 is 2.09 bits per heavy atom. The van der Waals surface area contributed by atoms with Crippen LogP contribution in [0.5, 0.6) is 0 Å². The van der Waals surface area contributed by atoms with Gasteiger partial charge in [-0.05, 0) is 38.5 Å². The van der Waals surface area contributed by atoms with Crippen molar-refractivity contribution in [1.29, 1.82) is 0 Å². The number of carboxylic acid groups (broad SMARTS) is 1. The average molecular weight is 319 g/mol. The molecule has 0 aliphatic rings. The molecule has 1 aromatic heterocycles. The molecule has 0 saturated heterocycles. The van der Waals surface area contributed by atoms with Crippen molar-refractivity contribution in [2.24, 2.45) is 0 Å². The smallest absolute Gasteiger partial charge is 0.307 e. The monoisotopic (exact) mass is 319 g/mol. The van der Waals surface area contributed by atoms with E-state index in [-0.39, 0.29) is 23.2 Å². The second kappa shape index (κ2) is 6.60. The Hall–Kier alpha value is -2.70. The van der Waals surface area contributed by atoms with E-state index in [0.717, 1.165) is 11.8 Å². The van der Waals surface area contributed by atoms with Crippen molar-refractivity contribution in [3.63, 3.8) is 0 Å². The Balaban J connectivity index is 2.17. The van der Waals surface area contributed by atoms with Crippen molar-refractivity contribution in [3.05, 3.63) is 47.0 Å². The third-order valence-electron chi connectivity index (χ3n) is 3.43. The molecule has 1 aromatic carbocycles. The van der Waals surface area contributed by atoms with Crippen LogP contribution in [-0.2, 0) is 11.2 Å². The number of nitrogens with zero attached hydrogens (tertiary/aromatic N) is 2. The van der Waals surface area contributed by atoms with Crippen LogP contribution in [0.25, 0.3) is 0 Å². The number of hydrogen-bond acceptors (Lipinski definition) is 3. The van der Waals surface area contributed by atoms with E-state index in [4.69, 9.17) is 5.11 Å². The highest BCUT2D eigenvalue weighted by Gasteiger charge is 2.16. The molecule has 0 saturated carbocycles. The van der Waals surface area contributed by atoms with Crippen LogP contribution in [0, 0.1) is 12.7 Å². The van der Waals surface area contributed by atoms with Gasteiger partial charge in [0, 0.05) is 17.4 Å². The lowest BCUT2D eigenvalue weighted by Crippen LogP contribution is -2.14. The van der Waals surface area contributed by atoms with E-state index in [1.807, 2.05) is 13.8 Å². The summed E-state index contributed by atoms with van der Waals surface area (Å²) in [4.78, 5) is 22.9. The maximum Gasteiger partial charge on any atom is 0.307 e. The molecule has 0 unspecified atom stereocenters. The quantitative estimate of drug-likeness (QED) is 0.887. The van der Waals surface area contributed by atoms with E-state index in [1.165, 1.54) is 18.3 Å². The zero-order chi connectivity index (χ0) is 17.1. The fraction of sp³-hybridized carbons (Fsp3) is 0.312. The van der Waals surface area contributed by atoms with Gasteiger partial charge in [0.25, 0.3) is 5.91 Å². The topological polar surface area (TPSA) is 84.2 Å². The number of amides is 1. The molecule has 7 heteroatoms. The number of nitrogens with one attached hydrogen (secondary N) is 1. The number of carboxylic acids is 1. The van der Waals surface area contributed by atoms with Crippen LogP contribution < -0.4 is 5.32 Å². The number of hydrogen-bond donors (Lipinski definition) is 2. The first kappa shape index (κ1) is 16.7. The summed E-state index contributed by atoms with van der Waals surface area (Å²) in [5.74, 6) is -2.17. The molecular weight excluding hydrogens is 301 g/mol. The minimum atomic E-state index is -1.11. The molecule has 0 fully saturated rings. The number of aromatic nitrogens is 2. The highest BCUT2D eigenvalue weighted by Crippen LogP contribution is 2.18. The second-order valence-corrected chi connectivity index (χ2v) is 5.51. The van der Waals surface area contributed by atoms with Crippen molar-refractivity contribution in [2.75, 3.05) is 5.32 Å². The molecule has 122 valence electrons. The molecular formula is C16H18FN3O3. The van der Waals surface area contributed by atoms with Crippen LogP contribution >= 0.6 is 0 Å². The molecule has 2 rings (SSSR count). The summed E-state index contributed by atoms with van der Waals surface area (Å²) in [5.41, 5.74) is 1.46. The lowest BCUT2D eigenvalue weighted by molar-refractivity contribution is -0.136. The normalized spacial score (nSPS) is 10.8. The lowest BCUT2D eigenvalue weighted by atomic mass is 10.1. The zero-order valence-electron chi connectivity index (χ0n) is 13.1. The molecule has 6 nitrogen and oxygen atoms in total. The van der Waals surface area contributed by atoms with Gasteiger partial charge in [-0.2, -0.15) is 5.10 Å². The Morgan fingerprint density at radius 3 is 2.61 bits per heavy atom. The Morgan fingerprint density at radius 1 is 1.39 bits per heavy atom. The average Bonchev–Trinajstić information content (AvgIpc) is 2.83. The van der Waals surface area contributed by atoms with Crippen molar-refractivity contribution < 1.29 is 19.1 Å². The summed E-state index contributed by atoms with van der Waals surface area (Å²) in [7, 11) is 0. The Kier molecular flexibility index (Phi) is 4.78. The third kappa shape index (κ3) is 3.74. The first-order valence-corrected chi connectivity index (χ1v) is 7.15. The van der Waals surface area contributed by atoms with Gasteiger partial charge in [0.05, 0.1) is 18.2 Å².